The van der Waals surface area contributed by atoms with Crippen molar-refractivity contribution in [1.29, 1.82) is 0 Å². The average molecular weight is 414 g/mol. The van der Waals surface area contributed by atoms with E-state index in [1.54, 1.807) is 36.4 Å². The summed E-state index contributed by atoms with van der Waals surface area (Å²) in [5.41, 5.74) is 0.223. The third-order valence-corrected chi connectivity index (χ3v) is 5.44. The molecule has 0 saturated carbocycles. The molecule has 0 spiro atoms. The lowest BCUT2D eigenvalue weighted by Crippen LogP contribution is -2.29. The van der Waals surface area contributed by atoms with Crippen LogP contribution in [0, 0.1) is 0 Å². The van der Waals surface area contributed by atoms with Gasteiger partial charge in [0.15, 0.2) is 0 Å². The van der Waals surface area contributed by atoms with Gasteiger partial charge in [0.2, 0.25) is 15.9 Å². The zero-order valence-electron chi connectivity index (χ0n) is 16.3. The Labute approximate surface area is 168 Å². The molecule has 9 heteroatoms. The number of carbonyl (C=O) groups is 1. The van der Waals surface area contributed by atoms with E-state index >= 15 is 0 Å². The first-order valence-corrected chi connectivity index (χ1v) is 10.4. The van der Waals surface area contributed by atoms with Crippen molar-refractivity contribution < 1.29 is 13.2 Å². The van der Waals surface area contributed by atoms with Gasteiger partial charge in [0.25, 0.3) is 5.56 Å². The molecule has 3 N–H and O–H groups in total. The standard InChI is InChI=1S/C20H22N4O4S/c1-20(2,3)14-8-6-10-16(18(14)29(21,27)28)23-17(25)11-24-12-22-15-9-5-4-7-13(15)19(24)26/h4-10,12H,11H2,1-3H3,(H,23,25)(H2,21,27,28). The van der Waals surface area contributed by atoms with Crippen LogP contribution in [0.5, 0.6) is 0 Å². The topological polar surface area (TPSA) is 124 Å². The van der Waals surface area contributed by atoms with Gasteiger partial charge in [0.1, 0.15) is 11.4 Å². The summed E-state index contributed by atoms with van der Waals surface area (Å²) >= 11 is 0. The van der Waals surface area contributed by atoms with Crippen LogP contribution in [0.1, 0.15) is 26.3 Å². The van der Waals surface area contributed by atoms with Gasteiger partial charge in [-0.15, -0.1) is 0 Å². The summed E-state index contributed by atoms with van der Waals surface area (Å²) in [5, 5.41) is 8.38. The third kappa shape index (κ3) is 4.36. The van der Waals surface area contributed by atoms with Crippen molar-refractivity contribution in [2.75, 3.05) is 5.32 Å². The summed E-state index contributed by atoms with van der Waals surface area (Å²) in [6, 6.07) is 11.6. The Hall–Kier alpha value is -3.04. The van der Waals surface area contributed by atoms with Gasteiger partial charge in [-0.2, -0.15) is 0 Å². The normalized spacial score (nSPS) is 12.1. The molecule has 0 saturated heterocycles. The van der Waals surface area contributed by atoms with E-state index in [0.29, 0.717) is 16.5 Å². The fourth-order valence-corrected chi connectivity index (χ4v) is 4.20. The van der Waals surface area contributed by atoms with Crippen molar-refractivity contribution in [1.82, 2.24) is 9.55 Å². The number of primary sulfonamides is 1. The highest BCUT2D eigenvalue weighted by Crippen LogP contribution is 2.33. The molecule has 0 bridgehead atoms. The Balaban J connectivity index is 1.96. The quantitative estimate of drug-likeness (QED) is 0.675. The number of benzene rings is 2. The molecule has 1 aromatic heterocycles. The van der Waals surface area contributed by atoms with E-state index in [0.717, 1.165) is 0 Å². The minimum atomic E-state index is -4.10. The number of anilines is 1. The summed E-state index contributed by atoms with van der Waals surface area (Å²) in [4.78, 5) is 29.2. The second-order valence-corrected chi connectivity index (χ2v) is 9.22. The van der Waals surface area contributed by atoms with Gasteiger partial charge in [-0.1, -0.05) is 45.0 Å². The van der Waals surface area contributed by atoms with E-state index < -0.39 is 21.3 Å². The number of nitrogens with one attached hydrogen (secondary N) is 1. The van der Waals surface area contributed by atoms with Crippen molar-refractivity contribution in [2.45, 2.75) is 37.6 Å². The number of rotatable bonds is 4. The highest BCUT2D eigenvalue weighted by atomic mass is 32.2. The molecule has 0 radical (unpaired) electrons. The van der Waals surface area contributed by atoms with Crippen LogP contribution in [0.3, 0.4) is 0 Å². The number of para-hydroxylation sites is 1. The summed E-state index contributed by atoms with van der Waals surface area (Å²) in [6.07, 6.45) is 1.29. The van der Waals surface area contributed by atoms with Crippen LogP contribution in [0.4, 0.5) is 5.69 Å². The van der Waals surface area contributed by atoms with Crippen molar-refractivity contribution in [3.05, 3.63) is 64.7 Å². The van der Waals surface area contributed by atoms with E-state index in [1.165, 1.54) is 17.0 Å². The van der Waals surface area contributed by atoms with Crippen LogP contribution in [-0.4, -0.2) is 23.9 Å². The molecule has 0 atom stereocenters. The van der Waals surface area contributed by atoms with E-state index in [9.17, 15) is 18.0 Å². The predicted octanol–water partition coefficient (Wildman–Crippen LogP) is 1.98. The number of nitrogens with zero attached hydrogens (tertiary/aromatic N) is 2. The van der Waals surface area contributed by atoms with Crippen molar-refractivity contribution in [3.8, 4) is 0 Å². The molecule has 3 aromatic rings. The van der Waals surface area contributed by atoms with Gasteiger partial charge in [-0.05, 0) is 29.2 Å². The highest BCUT2D eigenvalue weighted by Gasteiger charge is 2.27. The highest BCUT2D eigenvalue weighted by molar-refractivity contribution is 7.89. The molecular formula is C20H22N4O4S. The van der Waals surface area contributed by atoms with Gasteiger partial charge in [0, 0.05) is 0 Å². The van der Waals surface area contributed by atoms with Crippen LogP contribution in [-0.2, 0) is 26.8 Å². The van der Waals surface area contributed by atoms with Gasteiger partial charge in [-0.3, -0.25) is 14.2 Å². The summed E-state index contributed by atoms with van der Waals surface area (Å²) in [6.45, 7) is 5.23. The molecule has 0 fully saturated rings. The molecule has 1 heterocycles. The number of amides is 1. The van der Waals surface area contributed by atoms with Crippen LogP contribution in [0.2, 0.25) is 0 Å². The Morgan fingerprint density at radius 3 is 2.48 bits per heavy atom. The third-order valence-electron chi connectivity index (χ3n) is 4.43. The first-order valence-electron chi connectivity index (χ1n) is 8.89. The Morgan fingerprint density at radius 1 is 1.14 bits per heavy atom. The van der Waals surface area contributed by atoms with E-state index in [4.69, 9.17) is 5.14 Å². The molecule has 29 heavy (non-hydrogen) atoms. The molecule has 152 valence electrons. The van der Waals surface area contributed by atoms with Crippen molar-refractivity contribution >= 4 is 32.5 Å². The largest absolute Gasteiger partial charge is 0.323 e. The lowest BCUT2D eigenvalue weighted by Gasteiger charge is -2.24. The van der Waals surface area contributed by atoms with Crippen LogP contribution in [0.15, 0.2) is 58.5 Å². The molecule has 3 rings (SSSR count). The molecular weight excluding hydrogens is 392 g/mol. The molecule has 0 aliphatic rings. The van der Waals surface area contributed by atoms with Gasteiger partial charge >= 0.3 is 0 Å². The zero-order valence-corrected chi connectivity index (χ0v) is 17.2. The fourth-order valence-electron chi connectivity index (χ4n) is 3.10. The number of hydrogen-bond donors (Lipinski definition) is 2. The number of aromatic nitrogens is 2. The maximum absolute atomic E-state index is 12.6. The lowest BCUT2D eigenvalue weighted by molar-refractivity contribution is -0.116. The fraction of sp³-hybridized carbons (Fsp3) is 0.250. The number of hydrogen-bond acceptors (Lipinski definition) is 5. The molecule has 0 unspecified atom stereocenters. The maximum atomic E-state index is 12.6. The molecule has 8 nitrogen and oxygen atoms in total. The first-order chi connectivity index (χ1) is 13.5. The predicted molar refractivity (Wildman–Crippen MR) is 111 cm³/mol. The second kappa shape index (κ2) is 7.41. The van der Waals surface area contributed by atoms with E-state index in [1.807, 2.05) is 20.8 Å². The van der Waals surface area contributed by atoms with Crippen LogP contribution >= 0.6 is 0 Å². The molecule has 1 amide bonds. The summed E-state index contributed by atoms with van der Waals surface area (Å²) in [7, 11) is -4.10. The Bertz CT molecular complexity index is 1260. The van der Waals surface area contributed by atoms with Crippen LogP contribution < -0.4 is 16.0 Å². The molecule has 0 aliphatic carbocycles. The average Bonchev–Trinajstić information content (AvgIpc) is 2.62. The number of fused-ring (bicyclic) bond motifs is 1. The number of sulfonamides is 1. The minimum absolute atomic E-state index is 0.0757. The number of carbonyl (C=O) groups excluding carboxylic acids is 1. The molecule has 0 aliphatic heterocycles. The minimum Gasteiger partial charge on any atom is -0.323 e. The van der Waals surface area contributed by atoms with Gasteiger partial charge < -0.3 is 5.32 Å². The summed E-state index contributed by atoms with van der Waals surface area (Å²) in [5.74, 6) is -0.569. The van der Waals surface area contributed by atoms with Gasteiger partial charge in [0.05, 0.1) is 22.9 Å². The Kier molecular flexibility index (Phi) is 5.29. The Morgan fingerprint density at radius 2 is 1.83 bits per heavy atom. The smallest absolute Gasteiger partial charge is 0.261 e. The number of nitrogens with two attached hydrogens (primary N) is 1. The van der Waals surface area contributed by atoms with E-state index in [-0.39, 0.29) is 22.7 Å². The second-order valence-electron chi connectivity index (χ2n) is 7.72. The SMILES string of the molecule is CC(C)(C)c1cccc(NC(=O)Cn2cnc3ccccc3c2=O)c1S(N)(=O)=O. The van der Waals surface area contributed by atoms with Crippen LogP contribution in [0.25, 0.3) is 10.9 Å². The monoisotopic (exact) mass is 414 g/mol. The maximum Gasteiger partial charge on any atom is 0.261 e. The van der Waals surface area contributed by atoms with Gasteiger partial charge in [-0.25, -0.2) is 18.5 Å². The first kappa shape index (κ1) is 20.7. The van der Waals surface area contributed by atoms with Crippen molar-refractivity contribution in [2.24, 2.45) is 5.14 Å². The molecule has 2 aromatic carbocycles. The summed E-state index contributed by atoms with van der Waals surface area (Å²) < 4.78 is 25.6. The lowest BCUT2D eigenvalue weighted by atomic mass is 9.87. The zero-order chi connectivity index (χ0) is 21.4. The van der Waals surface area contributed by atoms with Crippen molar-refractivity contribution in [3.63, 3.8) is 0 Å². The van der Waals surface area contributed by atoms with E-state index in [2.05, 4.69) is 10.3 Å².